The topological polar surface area (TPSA) is 218 Å². The number of rotatable bonds is 2. The maximum Gasteiger partial charge on any atom is 0.309 e. The molecule has 0 saturated heterocycles. The first-order valence-electron chi connectivity index (χ1n) is 2.78. The van der Waals surface area contributed by atoms with Crippen molar-refractivity contribution in [2.24, 2.45) is 43.6 Å². The zero-order valence-corrected chi connectivity index (χ0v) is 7.16. The molecule has 0 fully saturated rings. The van der Waals surface area contributed by atoms with E-state index in [-0.39, 0.29) is 0 Å². The lowest BCUT2D eigenvalue weighted by atomic mass is 11.2. The van der Waals surface area contributed by atoms with Crippen molar-refractivity contribution < 1.29 is 4.79 Å². The van der Waals surface area contributed by atoms with Gasteiger partial charge in [0.1, 0.15) is 0 Å². The molecule has 0 aliphatic heterocycles. The summed E-state index contributed by atoms with van der Waals surface area (Å²) in [6.07, 6.45) is 1.89. The van der Waals surface area contributed by atoms with E-state index in [0.717, 1.165) is 12.7 Å². The second-order valence-corrected chi connectivity index (χ2v) is 1.19. The molecule has 0 rings (SSSR count). The van der Waals surface area contributed by atoms with E-state index in [2.05, 4.69) is 43.6 Å². The minimum atomic E-state index is -0.833. The highest BCUT2D eigenvalue weighted by molar-refractivity contribution is 5.69. The molecule has 80 valence electrons. The molecule has 0 unspecified atom stereocenters. The lowest BCUT2D eigenvalue weighted by molar-refractivity contribution is 0.256. The third kappa shape index (κ3) is 335. The molecule has 0 aromatic carbocycles. The smallest absolute Gasteiger partial charge is 0.309 e. The molecule has 14 heavy (non-hydrogen) atoms. The summed E-state index contributed by atoms with van der Waals surface area (Å²) in [5, 5.41) is 11.1. The molecule has 0 aromatic rings. The Morgan fingerprint density at radius 2 is 1.21 bits per heavy atom. The maximum absolute atomic E-state index is 9.00. The van der Waals surface area contributed by atoms with Crippen molar-refractivity contribution in [1.82, 2.24) is 0 Å². The Morgan fingerprint density at radius 3 is 1.21 bits per heavy atom. The lowest BCUT2D eigenvalue weighted by Crippen LogP contribution is -2.18. The van der Waals surface area contributed by atoms with Gasteiger partial charge in [-0.1, -0.05) is 0 Å². The number of amides is 2. The van der Waals surface area contributed by atoms with Gasteiger partial charge in [0.05, 0.1) is 0 Å². The number of primary amides is 2. The fourth-order valence-corrected chi connectivity index (χ4v) is 0.0667. The van der Waals surface area contributed by atoms with Crippen LogP contribution < -0.4 is 23.2 Å². The number of nitrogens with one attached hydrogen (secondary N) is 2. The van der Waals surface area contributed by atoms with Crippen LogP contribution in [0, 0.1) is 11.1 Å². The molecule has 0 aliphatic rings. The first-order valence-corrected chi connectivity index (χ1v) is 2.78. The van der Waals surface area contributed by atoms with Gasteiger partial charge in [0.15, 0.2) is 12.7 Å². The van der Waals surface area contributed by atoms with Gasteiger partial charge in [-0.15, -0.1) is 10.2 Å². The number of hydrogen-bond donors (Lipinski definition) is 6. The molecule has 11 heteroatoms. The van der Waals surface area contributed by atoms with Crippen LogP contribution in [0.4, 0.5) is 4.79 Å². The van der Waals surface area contributed by atoms with E-state index >= 15 is 0 Å². The van der Waals surface area contributed by atoms with Gasteiger partial charge in [0, 0.05) is 0 Å². The Balaban J connectivity index is -0.000000131. The molecule has 0 aliphatic carbocycles. The Hall–Kier alpha value is -2.59. The summed E-state index contributed by atoms with van der Waals surface area (Å²) in [7, 11) is 0. The largest absolute Gasteiger partial charge is 0.352 e. The summed E-state index contributed by atoms with van der Waals surface area (Å²) in [5.74, 6) is 8.99. The van der Waals surface area contributed by atoms with Gasteiger partial charge in [-0.3, -0.25) is 0 Å². The zero-order valence-electron chi connectivity index (χ0n) is 7.16. The fraction of sp³-hybridized carbons (Fsp3) is 0. The van der Waals surface area contributed by atoms with Crippen LogP contribution in [0.25, 0.3) is 0 Å². The average molecular weight is 204 g/mol. The molecule has 0 saturated carbocycles. The van der Waals surface area contributed by atoms with Crippen LogP contribution in [0.5, 0.6) is 0 Å². The van der Waals surface area contributed by atoms with Gasteiger partial charge in [-0.25, -0.2) is 15.9 Å². The predicted molar refractivity (Wildman–Crippen MR) is 49.4 cm³/mol. The van der Waals surface area contributed by atoms with Crippen LogP contribution in [-0.2, 0) is 0 Å². The summed E-state index contributed by atoms with van der Waals surface area (Å²) >= 11 is 0. The first-order chi connectivity index (χ1) is 6.56. The highest BCUT2D eigenvalue weighted by Crippen LogP contribution is 1.45. The van der Waals surface area contributed by atoms with Gasteiger partial charge in [-0.2, -0.15) is 10.2 Å². The van der Waals surface area contributed by atoms with Crippen molar-refractivity contribution in [3.63, 3.8) is 0 Å². The van der Waals surface area contributed by atoms with Crippen LogP contribution in [0.3, 0.4) is 0 Å². The molecule has 10 N–H and O–H groups in total. The highest BCUT2D eigenvalue weighted by atomic mass is 16.2. The first kappa shape index (κ1) is 17.5. The molecule has 0 atom stereocenters. The monoisotopic (exact) mass is 204 g/mol. The minimum absolute atomic E-state index is 0.833. The molecule has 11 nitrogen and oxygen atoms in total. The van der Waals surface area contributed by atoms with Gasteiger partial charge in [0.25, 0.3) is 0 Å². The third-order valence-electron chi connectivity index (χ3n) is 0.249. The van der Waals surface area contributed by atoms with Gasteiger partial charge < -0.3 is 23.2 Å². The van der Waals surface area contributed by atoms with Crippen molar-refractivity contribution in [1.29, 1.82) is 11.1 Å². The molecular weight excluding hydrogens is 192 g/mol. The number of nitrogens with two attached hydrogens (primary N) is 4. The predicted octanol–water partition coefficient (Wildman–Crippen LogP) is -1.14. The van der Waals surface area contributed by atoms with Crippen molar-refractivity contribution in [2.75, 3.05) is 0 Å². The van der Waals surface area contributed by atoms with Crippen molar-refractivity contribution in [2.45, 2.75) is 0 Å². The standard InChI is InChI=1S/2CH4N4.CH4N2O/c2*2-4-1-5-3;2-1(3)4/h2*1-2H,3H2;(H4,2,3,4). The van der Waals surface area contributed by atoms with E-state index in [4.69, 9.17) is 15.9 Å². The number of carbonyl (C=O) groups is 1. The summed E-state index contributed by atoms with van der Waals surface area (Å²) in [4.78, 5) is 9.00. The Morgan fingerprint density at radius 1 is 1.00 bits per heavy atom. The van der Waals surface area contributed by atoms with Crippen LogP contribution in [0.15, 0.2) is 20.4 Å². The molecule has 0 radical (unpaired) electrons. The van der Waals surface area contributed by atoms with Crippen molar-refractivity contribution in [3.8, 4) is 0 Å². The van der Waals surface area contributed by atoms with Gasteiger partial charge in [-0.05, 0) is 0 Å². The fourth-order valence-electron chi connectivity index (χ4n) is 0.0667. The molecule has 0 spiro atoms. The zero-order chi connectivity index (χ0) is 11.8. The van der Waals surface area contributed by atoms with E-state index in [1.165, 1.54) is 0 Å². The molecule has 2 amide bonds. The third-order valence-corrected chi connectivity index (χ3v) is 0.249. The lowest BCUT2D eigenvalue weighted by Gasteiger charge is -1.62. The number of hydrogen-bond acceptors (Lipinski definition) is 7. The average Bonchev–Trinajstić information content (AvgIpc) is 2.07. The van der Waals surface area contributed by atoms with Gasteiger partial charge in [0.2, 0.25) is 0 Å². The van der Waals surface area contributed by atoms with Crippen LogP contribution in [0.1, 0.15) is 0 Å². The Kier molecular flexibility index (Phi) is 28.0. The maximum atomic E-state index is 9.00. The molecular formula is C3H12N10O. The Bertz CT molecular complexity index is 176. The quantitative estimate of drug-likeness (QED) is 0.108. The van der Waals surface area contributed by atoms with Crippen LogP contribution in [0.2, 0.25) is 0 Å². The normalized spacial score (nSPS) is 8.00. The number of nitrogens with zero attached hydrogens (tertiary/aromatic N) is 4. The minimum Gasteiger partial charge on any atom is -0.352 e. The highest BCUT2D eigenvalue weighted by Gasteiger charge is 1.60. The second-order valence-electron chi connectivity index (χ2n) is 1.19. The van der Waals surface area contributed by atoms with Crippen molar-refractivity contribution in [3.05, 3.63) is 0 Å². The SMILES string of the molecule is N=NC=NN.N=NC=NN.NC(N)=O. The van der Waals surface area contributed by atoms with E-state index in [9.17, 15) is 0 Å². The van der Waals surface area contributed by atoms with E-state index in [1.807, 2.05) is 0 Å². The van der Waals surface area contributed by atoms with E-state index < -0.39 is 6.03 Å². The summed E-state index contributed by atoms with van der Waals surface area (Å²) in [6.45, 7) is 0. The Labute approximate surface area is 79.2 Å². The second kappa shape index (κ2) is 22.4. The summed E-state index contributed by atoms with van der Waals surface area (Å²) in [6, 6.07) is -0.833. The number of carbonyl (C=O) groups excluding carboxylic acids is 1. The molecule has 0 bridgehead atoms. The van der Waals surface area contributed by atoms with Crippen LogP contribution in [-0.4, -0.2) is 18.7 Å². The van der Waals surface area contributed by atoms with E-state index in [1.54, 1.807) is 0 Å². The van der Waals surface area contributed by atoms with Gasteiger partial charge >= 0.3 is 6.03 Å². The van der Waals surface area contributed by atoms with Crippen molar-refractivity contribution >= 4 is 18.7 Å². The number of hydrazone groups is 2. The van der Waals surface area contributed by atoms with Crippen LogP contribution >= 0.6 is 0 Å². The molecule has 0 aromatic heterocycles. The summed E-state index contributed by atoms with van der Waals surface area (Å²) in [5.41, 5.74) is 20.5. The summed E-state index contributed by atoms with van der Waals surface area (Å²) < 4.78 is 0. The van der Waals surface area contributed by atoms with E-state index in [0.29, 0.717) is 0 Å². The number of urea groups is 1. The molecule has 0 heterocycles.